The molecule has 0 aliphatic carbocycles. The van der Waals surface area contributed by atoms with Crippen LogP contribution in [0.2, 0.25) is 5.02 Å². The van der Waals surface area contributed by atoms with Crippen LogP contribution in [0.4, 0.5) is 4.39 Å². The molecule has 5 nitrogen and oxygen atoms in total. The molecule has 24 heavy (non-hydrogen) atoms. The largest absolute Gasteiger partial charge is 0.489 e. The Morgan fingerprint density at radius 1 is 1.25 bits per heavy atom. The van der Waals surface area contributed by atoms with Gasteiger partial charge in [-0.2, -0.15) is 5.10 Å². The van der Waals surface area contributed by atoms with E-state index in [2.05, 4.69) is 10.5 Å². The Morgan fingerprint density at radius 3 is 2.88 bits per heavy atom. The van der Waals surface area contributed by atoms with Crippen molar-refractivity contribution in [2.24, 2.45) is 5.10 Å². The van der Waals surface area contributed by atoms with E-state index >= 15 is 0 Å². The molecule has 0 radical (unpaired) electrons. The van der Waals surface area contributed by atoms with Gasteiger partial charge >= 0.3 is 0 Å². The number of rotatable bonds is 3. The molecule has 0 bridgehead atoms. The minimum Gasteiger partial charge on any atom is -0.489 e. The van der Waals surface area contributed by atoms with Crippen molar-refractivity contribution in [2.45, 2.75) is 6.42 Å². The maximum atomic E-state index is 13.5. The second kappa shape index (κ2) is 7.31. The highest BCUT2D eigenvalue weighted by Crippen LogP contribution is 2.37. The van der Waals surface area contributed by atoms with Crippen LogP contribution in [-0.2, 0) is 0 Å². The minimum absolute atomic E-state index is 0.0775. The van der Waals surface area contributed by atoms with Crippen LogP contribution in [0.15, 0.2) is 41.5 Å². The smallest absolute Gasteiger partial charge is 0.274 e. The fraction of sp³-hybridized carbons (Fsp3) is 0.176. The molecule has 0 atom stereocenters. The summed E-state index contributed by atoms with van der Waals surface area (Å²) >= 11 is 6.17. The molecule has 3 rings (SSSR count). The fourth-order valence-corrected chi connectivity index (χ4v) is 2.47. The zero-order chi connectivity index (χ0) is 16.9. The highest BCUT2D eigenvalue weighted by molar-refractivity contribution is 6.32. The van der Waals surface area contributed by atoms with Gasteiger partial charge in [-0.15, -0.1) is 0 Å². The standard InChI is InChI=1S/C17H14ClFN2O3/c18-13-8-11(9-15-16(13)24-7-3-6-23-15)10-20-21-17(22)12-4-1-2-5-14(12)19/h1-2,4-5,8-10H,3,6-7H2,(H,21,22)/b20-10-. The third-order valence-corrected chi connectivity index (χ3v) is 3.60. The Bertz CT molecular complexity index is 795. The van der Waals surface area contributed by atoms with Gasteiger partial charge in [0.2, 0.25) is 0 Å². The molecular formula is C17H14ClFN2O3. The number of benzene rings is 2. The molecule has 0 saturated heterocycles. The van der Waals surface area contributed by atoms with E-state index in [0.717, 1.165) is 6.42 Å². The van der Waals surface area contributed by atoms with Gasteiger partial charge < -0.3 is 9.47 Å². The summed E-state index contributed by atoms with van der Waals surface area (Å²) in [6.07, 6.45) is 2.17. The second-order valence-corrected chi connectivity index (χ2v) is 5.47. The van der Waals surface area contributed by atoms with E-state index in [1.54, 1.807) is 18.2 Å². The number of fused-ring (bicyclic) bond motifs is 1. The molecule has 1 aliphatic heterocycles. The third kappa shape index (κ3) is 3.65. The first-order chi connectivity index (χ1) is 11.6. The average molecular weight is 349 g/mol. The number of nitrogens with one attached hydrogen (secondary N) is 1. The maximum Gasteiger partial charge on any atom is 0.274 e. The van der Waals surface area contributed by atoms with E-state index in [1.165, 1.54) is 24.4 Å². The average Bonchev–Trinajstić information content (AvgIpc) is 2.81. The zero-order valence-electron chi connectivity index (χ0n) is 12.6. The molecule has 1 heterocycles. The SMILES string of the molecule is O=C(N/N=C\c1cc(Cl)c2c(c1)OCCCO2)c1ccccc1F. The van der Waals surface area contributed by atoms with Gasteiger partial charge in [0.15, 0.2) is 11.5 Å². The Balaban J connectivity index is 1.73. The number of halogens is 2. The summed E-state index contributed by atoms with van der Waals surface area (Å²) in [5.74, 6) is -0.211. The van der Waals surface area contributed by atoms with E-state index in [4.69, 9.17) is 21.1 Å². The monoisotopic (exact) mass is 348 g/mol. The predicted molar refractivity (Wildman–Crippen MR) is 88.5 cm³/mol. The summed E-state index contributed by atoms with van der Waals surface area (Å²) in [7, 11) is 0. The van der Waals surface area contributed by atoms with Crippen LogP contribution in [0.25, 0.3) is 0 Å². The normalized spacial score (nSPS) is 13.6. The van der Waals surface area contributed by atoms with E-state index < -0.39 is 11.7 Å². The molecule has 0 spiro atoms. The highest BCUT2D eigenvalue weighted by Gasteiger charge is 2.15. The van der Waals surface area contributed by atoms with E-state index in [1.807, 2.05) is 0 Å². The number of hydrogen-bond acceptors (Lipinski definition) is 4. The van der Waals surface area contributed by atoms with Crippen molar-refractivity contribution in [2.75, 3.05) is 13.2 Å². The molecule has 1 N–H and O–H groups in total. The first-order valence-corrected chi connectivity index (χ1v) is 7.70. The van der Waals surface area contributed by atoms with E-state index in [0.29, 0.717) is 35.3 Å². The molecule has 0 fully saturated rings. The third-order valence-electron chi connectivity index (χ3n) is 3.32. The molecule has 2 aromatic carbocycles. The maximum absolute atomic E-state index is 13.5. The summed E-state index contributed by atoms with van der Waals surface area (Å²) in [6.45, 7) is 1.08. The van der Waals surface area contributed by atoms with Gasteiger partial charge in [-0.3, -0.25) is 4.79 Å². The van der Waals surface area contributed by atoms with Crippen molar-refractivity contribution in [3.8, 4) is 11.5 Å². The van der Waals surface area contributed by atoms with Crippen molar-refractivity contribution in [3.63, 3.8) is 0 Å². The molecule has 2 aromatic rings. The summed E-state index contributed by atoms with van der Waals surface area (Å²) < 4.78 is 24.6. The Hall–Kier alpha value is -2.60. The lowest BCUT2D eigenvalue weighted by Gasteiger charge is -2.09. The lowest BCUT2D eigenvalue weighted by atomic mass is 10.2. The molecule has 1 aliphatic rings. The Morgan fingerprint density at radius 2 is 2.04 bits per heavy atom. The van der Waals surface area contributed by atoms with Crippen LogP contribution in [0.1, 0.15) is 22.3 Å². The number of ether oxygens (including phenoxy) is 2. The molecule has 0 saturated carbocycles. The predicted octanol–water partition coefficient (Wildman–Crippen LogP) is 3.40. The second-order valence-electron chi connectivity index (χ2n) is 5.06. The van der Waals surface area contributed by atoms with Crippen LogP contribution in [-0.4, -0.2) is 25.3 Å². The van der Waals surface area contributed by atoms with Crippen LogP contribution in [0.5, 0.6) is 11.5 Å². The number of carbonyl (C=O) groups is 1. The molecule has 124 valence electrons. The van der Waals surface area contributed by atoms with Gasteiger partial charge in [-0.1, -0.05) is 23.7 Å². The number of carbonyl (C=O) groups excluding carboxylic acids is 1. The number of hydrazone groups is 1. The van der Waals surface area contributed by atoms with Gasteiger partial charge in [0, 0.05) is 6.42 Å². The van der Waals surface area contributed by atoms with Crippen LogP contribution in [0, 0.1) is 5.82 Å². The van der Waals surface area contributed by atoms with E-state index in [9.17, 15) is 9.18 Å². The summed E-state index contributed by atoms with van der Waals surface area (Å²) in [4.78, 5) is 11.9. The molecule has 1 amide bonds. The topological polar surface area (TPSA) is 59.9 Å². The van der Waals surface area contributed by atoms with Gasteiger partial charge in [-0.25, -0.2) is 9.82 Å². The first kappa shape index (κ1) is 16.3. The van der Waals surface area contributed by atoms with Gasteiger partial charge in [0.1, 0.15) is 5.82 Å². The molecular weight excluding hydrogens is 335 g/mol. The summed E-state index contributed by atoms with van der Waals surface area (Å²) in [6, 6.07) is 9.03. The van der Waals surface area contributed by atoms with Crippen molar-refractivity contribution < 1.29 is 18.7 Å². The van der Waals surface area contributed by atoms with Crippen LogP contribution in [0.3, 0.4) is 0 Å². The Kier molecular flexibility index (Phi) is 4.96. The van der Waals surface area contributed by atoms with Gasteiger partial charge in [0.05, 0.1) is 30.0 Å². The highest BCUT2D eigenvalue weighted by atomic mass is 35.5. The molecule has 7 heteroatoms. The van der Waals surface area contributed by atoms with Crippen LogP contribution >= 0.6 is 11.6 Å². The van der Waals surface area contributed by atoms with E-state index in [-0.39, 0.29) is 5.56 Å². The summed E-state index contributed by atoms with van der Waals surface area (Å²) in [5.41, 5.74) is 2.82. The van der Waals surface area contributed by atoms with Gasteiger partial charge in [-0.05, 0) is 29.8 Å². The summed E-state index contributed by atoms with van der Waals surface area (Å²) in [5, 5.41) is 4.23. The first-order valence-electron chi connectivity index (χ1n) is 7.32. The molecule has 0 aromatic heterocycles. The van der Waals surface area contributed by atoms with Crippen molar-refractivity contribution >= 4 is 23.7 Å². The number of hydrogen-bond donors (Lipinski definition) is 1. The van der Waals surface area contributed by atoms with Crippen molar-refractivity contribution in [1.29, 1.82) is 0 Å². The number of nitrogens with zero attached hydrogens (tertiary/aromatic N) is 1. The molecule has 0 unspecified atom stereocenters. The Labute approximate surface area is 143 Å². The van der Waals surface area contributed by atoms with Crippen molar-refractivity contribution in [1.82, 2.24) is 5.43 Å². The fourth-order valence-electron chi connectivity index (χ4n) is 2.20. The van der Waals surface area contributed by atoms with Gasteiger partial charge in [0.25, 0.3) is 5.91 Å². The van der Waals surface area contributed by atoms with Crippen molar-refractivity contribution in [3.05, 3.63) is 58.4 Å². The number of amides is 1. The minimum atomic E-state index is -0.634. The quantitative estimate of drug-likeness (QED) is 0.683. The lowest BCUT2D eigenvalue weighted by molar-refractivity contribution is 0.0951. The van der Waals surface area contributed by atoms with Crippen LogP contribution < -0.4 is 14.9 Å². The lowest BCUT2D eigenvalue weighted by Crippen LogP contribution is -2.18. The zero-order valence-corrected chi connectivity index (χ0v) is 13.3.